The van der Waals surface area contributed by atoms with Crippen LogP contribution in [0.1, 0.15) is 0 Å². The molecule has 0 bridgehead atoms. The predicted molar refractivity (Wildman–Crippen MR) is 52.0 cm³/mol. The average molecular weight is 300 g/mol. The molecule has 0 aromatic carbocycles. The second-order valence-electron chi connectivity index (χ2n) is 0. The van der Waals surface area contributed by atoms with Gasteiger partial charge in [0.2, 0.25) is 0 Å². The maximum atomic E-state index is 0. The second-order valence-corrected chi connectivity index (χ2v) is 0. The summed E-state index contributed by atoms with van der Waals surface area (Å²) in [6.07, 6.45) is 0. The SMILES string of the molecule is Cl.Cl.Cl.Cl.Cl.Cl.[SeH2]. The summed E-state index contributed by atoms with van der Waals surface area (Å²) in [5.41, 5.74) is 0. The molecule has 0 aliphatic carbocycles. The summed E-state index contributed by atoms with van der Waals surface area (Å²) in [7, 11) is 0. The van der Waals surface area contributed by atoms with Crippen molar-refractivity contribution in [2.75, 3.05) is 0 Å². The molecule has 0 aromatic rings. The van der Waals surface area contributed by atoms with Gasteiger partial charge in [-0.25, -0.2) is 0 Å². The Morgan fingerprint density at radius 3 is 0.286 bits per heavy atom. The van der Waals surface area contributed by atoms with Gasteiger partial charge in [0.1, 0.15) is 0 Å². The quantitative estimate of drug-likeness (QED) is 0.596. The van der Waals surface area contributed by atoms with Crippen molar-refractivity contribution in [2.45, 2.75) is 0 Å². The van der Waals surface area contributed by atoms with Crippen LogP contribution < -0.4 is 0 Å². The Hall–Kier alpha value is 2.26. The van der Waals surface area contributed by atoms with Crippen LogP contribution in [-0.4, -0.2) is 17.1 Å². The molecule has 0 N–H and O–H groups in total. The Balaban J connectivity index is 0. The molecule has 0 saturated heterocycles. The van der Waals surface area contributed by atoms with Crippen molar-refractivity contribution < 1.29 is 0 Å². The van der Waals surface area contributed by atoms with Crippen molar-refractivity contribution in [3.63, 3.8) is 0 Å². The van der Waals surface area contributed by atoms with Crippen LogP contribution in [0.3, 0.4) is 0 Å². The Labute approximate surface area is 90.9 Å². The first-order valence-electron chi connectivity index (χ1n) is 0. The molecule has 0 nitrogen and oxygen atoms in total. The zero-order chi connectivity index (χ0) is 0. The summed E-state index contributed by atoms with van der Waals surface area (Å²) in [6, 6.07) is 0. The van der Waals surface area contributed by atoms with Gasteiger partial charge in [-0.3, -0.25) is 0 Å². The van der Waals surface area contributed by atoms with Crippen molar-refractivity contribution in [1.29, 1.82) is 0 Å². The van der Waals surface area contributed by atoms with E-state index in [9.17, 15) is 0 Å². The van der Waals surface area contributed by atoms with E-state index in [1.807, 2.05) is 0 Å². The molecule has 0 spiro atoms. The molecule has 0 heterocycles. The second kappa shape index (κ2) is 85.3. The zero-order valence-electron chi connectivity index (χ0n) is 2.95. The molecule has 0 atom stereocenters. The summed E-state index contributed by atoms with van der Waals surface area (Å²) in [5.74, 6) is 0. The molecule has 56 valence electrons. The minimum atomic E-state index is 0. The molecule has 0 saturated carbocycles. The van der Waals surface area contributed by atoms with E-state index >= 15 is 0 Å². The monoisotopic (exact) mass is 298 g/mol. The fourth-order valence-corrected chi connectivity index (χ4v) is 0. The van der Waals surface area contributed by atoms with E-state index < -0.39 is 0 Å². The Bertz CT molecular complexity index is 4.14. The van der Waals surface area contributed by atoms with Gasteiger partial charge in [-0.15, -0.1) is 74.4 Å². The van der Waals surface area contributed by atoms with Gasteiger partial charge in [-0.1, -0.05) is 0 Å². The summed E-state index contributed by atoms with van der Waals surface area (Å²) in [6.45, 7) is 0. The van der Waals surface area contributed by atoms with Crippen LogP contribution in [0.5, 0.6) is 0 Å². The van der Waals surface area contributed by atoms with Crippen LogP contribution in [-0.2, 0) is 0 Å². The van der Waals surface area contributed by atoms with Gasteiger partial charge >= 0.3 is 17.1 Å². The first-order chi connectivity index (χ1) is 0. The molecule has 0 rings (SSSR count). The van der Waals surface area contributed by atoms with Crippen molar-refractivity contribution in [1.82, 2.24) is 0 Å². The summed E-state index contributed by atoms with van der Waals surface area (Å²) in [5, 5.41) is 0. The average Bonchev–Trinajstić information content (AvgIpc) is 0. The Morgan fingerprint density at radius 2 is 0.286 bits per heavy atom. The standard InChI is InChI=1S/6ClH.H2Se/h6*1H;1H2. The van der Waals surface area contributed by atoms with E-state index in [1.165, 1.54) is 0 Å². The van der Waals surface area contributed by atoms with Crippen LogP contribution in [0.4, 0.5) is 0 Å². The molecule has 0 aliphatic heterocycles. The van der Waals surface area contributed by atoms with E-state index in [4.69, 9.17) is 0 Å². The van der Waals surface area contributed by atoms with Crippen molar-refractivity contribution in [2.24, 2.45) is 0 Å². The van der Waals surface area contributed by atoms with Gasteiger partial charge < -0.3 is 0 Å². The van der Waals surface area contributed by atoms with Crippen LogP contribution in [0.2, 0.25) is 0 Å². The third-order valence-corrected chi connectivity index (χ3v) is 0. The van der Waals surface area contributed by atoms with Crippen molar-refractivity contribution in [3.8, 4) is 0 Å². The van der Waals surface area contributed by atoms with Gasteiger partial charge in [-0.2, -0.15) is 0 Å². The number of hydrogen-bond donors (Lipinski definition) is 0. The molecule has 0 aliphatic rings. The van der Waals surface area contributed by atoms with Gasteiger partial charge in [0.15, 0.2) is 0 Å². The van der Waals surface area contributed by atoms with Gasteiger partial charge in [-0.05, 0) is 0 Å². The number of halogens is 6. The van der Waals surface area contributed by atoms with E-state index in [2.05, 4.69) is 0 Å². The van der Waals surface area contributed by atoms with E-state index in [0.717, 1.165) is 0 Å². The molecule has 7 heavy (non-hydrogen) atoms. The topological polar surface area (TPSA) is 0 Å². The van der Waals surface area contributed by atoms with Crippen LogP contribution in [0.15, 0.2) is 0 Å². The van der Waals surface area contributed by atoms with E-state index in [1.54, 1.807) is 0 Å². The molecule has 0 unspecified atom stereocenters. The van der Waals surface area contributed by atoms with E-state index in [-0.39, 0.29) is 91.5 Å². The molecular weight excluding hydrogens is 292 g/mol. The maximum absolute atomic E-state index is 0. The predicted octanol–water partition coefficient (Wildman–Crippen LogP) is 1.61. The summed E-state index contributed by atoms with van der Waals surface area (Å²) >= 11 is 0. The fraction of sp³-hybridized carbons (Fsp3) is 0. The Kier molecular flexibility index (Phi) is 1510. The van der Waals surface area contributed by atoms with Gasteiger partial charge in [0.25, 0.3) is 0 Å². The van der Waals surface area contributed by atoms with Crippen LogP contribution in [0, 0.1) is 0 Å². The molecule has 0 radical (unpaired) electrons. The van der Waals surface area contributed by atoms with Crippen molar-refractivity contribution >= 4 is 91.5 Å². The Morgan fingerprint density at radius 1 is 0.286 bits per heavy atom. The number of rotatable bonds is 0. The molecule has 0 amide bonds. The fourth-order valence-electron chi connectivity index (χ4n) is 0. The van der Waals surface area contributed by atoms with Crippen molar-refractivity contribution in [3.05, 3.63) is 0 Å². The van der Waals surface area contributed by atoms with Gasteiger partial charge in [0, 0.05) is 0 Å². The molecule has 7 heteroatoms. The first kappa shape index (κ1) is 124. The number of hydrogen-bond acceptors (Lipinski definition) is 0. The van der Waals surface area contributed by atoms with Gasteiger partial charge in [0.05, 0.1) is 0 Å². The molecule has 0 aromatic heterocycles. The zero-order valence-corrected chi connectivity index (χ0v) is 9.95. The third kappa shape index (κ3) is 63.4. The minimum absolute atomic E-state index is 0. The molecule has 0 fully saturated rings. The normalized spacial score (nSPS) is 0. The van der Waals surface area contributed by atoms with E-state index in [0.29, 0.717) is 0 Å². The van der Waals surface area contributed by atoms with Crippen LogP contribution >= 0.6 is 74.4 Å². The molecular formula is H8Cl6Se. The summed E-state index contributed by atoms with van der Waals surface area (Å²) < 4.78 is 0. The van der Waals surface area contributed by atoms with Crippen LogP contribution in [0.25, 0.3) is 0 Å². The third-order valence-electron chi connectivity index (χ3n) is 0. The summed E-state index contributed by atoms with van der Waals surface area (Å²) in [4.78, 5) is 0. The first-order valence-corrected chi connectivity index (χ1v) is 0.